The lowest BCUT2D eigenvalue weighted by molar-refractivity contribution is 0.212. The molecule has 1 saturated carbocycles. The van der Waals surface area contributed by atoms with Crippen molar-refractivity contribution >= 4 is 33.2 Å². The number of nitrogens with one attached hydrogen (secondary N) is 1. The maximum Gasteiger partial charge on any atom is 0.0549 e. The normalized spacial score (nSPS) is 27.6. The Morgan fingerprint density at radius 2 is 2.05 bits per heavy atom. The number of halogens is 2. The minimum Gasteiger partial charge on any atom is -0.382 e. The lowest BCUT2D eigenvalue weighted by Crippen LogP contribution is -2.37. The van der Waals surface area contributed by atoms with E-state index in [9.17, 15) is 0 Å². The molecule has 1 aliphatic rings. The molecule has 0 heterocycles. The van der Waals surface area contributed by atoms with E-state index in [2.05, 4.69) is 54.2 Å². The fourth-order valence-corrected chi connectivity index (χ4v) is 3.66. The molecule has 1 fully saturated rings. The van der Waals surface area contributed by atoms with Gasteiger partial charge in [0.15, 0.2) is 0 Å². The van der Waals surface area contributed by atoms with Gasteiger partial charge >= 0.3 is 0 Å². The topological polar surface area (TPSA) is 12.0 Å². The highest BCUT2D eigenvalue weighted by Gasteiger charge is 2.30. The van der Waals surface area contributed by atoms with Crippen molar-refractivity contribution in [3.63, 3.8) is 0 Å². The molecule has 0 bridgehead atoms. The van der Waals surface area contributed by atoms with Crippen LogP contribution < -0.4 is 5.32 Å². The summed E-state index contributed by atoms with van der Waals surface area (Å²) in [4.78, 5) is 0. The van der Waals surface area contributed by atoms with Crippen molar-refractivity contribution in [3.8, 4) is 0 Å². The van der Waals surface area contributed by atoms with Gasteiger partial charge in [-0.15, -0.1) is 0 Å². The highest BCUT2D eigenvalue weighted by Crippen LogP contribution is 2.36. The molecule has 1 aromatic rings. The highest BCUT2D eigenvalue weighted by atomic mass is 79.9. The zero-order chi connectivity index (χ0) is 14.0. The van der Waals surface area contributed by atoms with Crippen molar-refractivity contribution in [2.75, 3.05) is 5.32 Å². The Balaban J connectivity index is 2.11. The maximum atomic E-state index is 6.05. The van der Waals surface area contributed by atoms with E-state index in [0.717, 1.165) is 27.2 Å². The maximum absolute atomic E-state index is 6.05. The van der Waals surface area contributed by atoms with Gasteiger partial charge in [-0.1, -0.05) is 38.8 Å². The Morgan fingerprint density at radius 3 is 2.68 bits per heavy atom. The molecular formula is C16H23BrClN. The fraction of sp³-hybridized carbons (Fsp3) is 0.625. The predicted molar refractivity (Wildman–Crippen MR) is 87.9 cm³/mol. The van der Waals surface area contributed by atoms with Crippen LogP contribution in [0.1, 0.15) is 40.0 Å². The Labute approximate surface area is 130 Å². The molecule has 106 valence electrons. The van der Waals surface area contributed by atoms with Gasteiger partial charge in [-0.05, 0) is 64.7 Å². The van der Waals surface area contributed by atoms with E-state index < -0.39 is 0 Å². The smallest absolute Gasteiger partial charge is 0.0549 e. The van der Waals surface area contributed by atoms with E-state index >= 15 is 0 Å². The molecule has 1 aliphatic carbocycles. The van der Waals surface area contributed by atoms with Crippen LogP contribution in [-0.2, 0) is 0 Å². The van der Waals surface area contributed by atoms with Crippen LogP contribution in [0.25, 0.3) is 0 Å². The van der Waals surface area contributed by atoms with Crippen LogP contribution in [0.2, 0.25) is 5.02 Å². The highest BCUT2D eigenvalue weighted by molar-refractivity contribution is 9.10. The summed E-state index contributed by atoms with van der Waals surface area (Å²) >= 11 is 9.55. The van der Waals surface area contributed by atoms with Crippen LogP contribution in [0.3, 0.4) is 0 Å². The van der Waals surface area contributed by atoms with E-state index in [-0.39, 0.29) is 0 Å². The predicted octanol–water partition coefficient (Wildman–Crippen LogP) is 5.98. The summed E-state index contributed by atoms with van der Waals surface area (Å²) in [6.07, 6.45) is 3.97. The van der Waals surface area contributed by atoms with E-state index in [1.54, 1.807) is 0 Å². The minimum absolute atomic E-state index is 0.580. The van der Waals surface area contributed by atoms with Crippen LogP contribution in [0.4, 0.5) is 5.69 Å². The molecule has 0 radical (unpaired) electrons. The second-order valence-electron chi connectivity index (χ2n) is 6.21. The molecule has 1 N–H and O–H groups in total. The van der Waals surface area contributed by atoms with Gasteiger partial charge in [0.2, 0.25) is 0 Å². The molecule has 0 aromatic heterocycles. The molecule has 0 amide bonds. The quantitative estimate of drug-likeness (QED) is 0.711. The summed E-state index contributed by atoms with van der Waals surface area (Å²) in [7, 11) is 0. The van der Waals surface area contributed by atoms with Crippen molar-refractivity contribution in [1.82, 2.24) is 0 Å². The van der Waals surface area contributed by atoms with Gasteiger partial charge in [0, 0.05) is 16.2 Å². The van der Waals surface area contributed by atoms with Crippen molar-refractivity contribution in [2.45, 2.75) is 46.1 Å². The van der Waals surface area contributed by atoms with E-state index in [0.29, 0.717) is 6.04 Å². The van der Waals surface area contributed by atoms with Gasteiger partial charge in [0.25, 0.3) is 0 Å². The summed E-state index contributed by atoms with van der Waals surface area (Å²) in [5.41, 5.74) is 1.17. The van der Waals surface area contributed by atoms with Crippen LogP contribution in [0.5, 0.6) is 0 Å². The largest absolute Gasteiger partial charge is 0.382 e. The zero-order valence-electron chi connectivity index (χ0n) is 11.9. The fourth-order valence-electron chi connectivity index (χ4n) is 3.17. The third-order valence-corrected chi connectivity index (χ3v) is 5.51. The van der Waals surface area contributed by atoms with Crippen molar-refractivity contribution in [1.29, 1.82) is 0 Å². The summed E-state index contributed by atoms with van der Waals surface area (Å²) in [6, 6.07) is 6.68. The molecule has 2 rings (SSSR count). The molecule has 3 unspecified atom stereocenters. The average Bonchev–Trinajstić information content (AvgIpc) is 2.33. The second kappa shape index (κ2) is 6.49. The average molecular weight is 345 g/mol. The van der Waals surface area contributed by atoms with Gasteiger partial charge in [-0.2, -0.15) is 0 Å². The third kappa shape index (κ3) is 3.88. The van der Waals surface area contributed by atoms with Gasteiger partial charge < -0.3 is 5.32 Å². The SMILES string of the molecule is CC1CCC(C(C)C)C(Nc2ccc(Cl)c(Br)c2)C1. The molecular weight excluding hydrogens is 322 g/mol. The first-order valence-corrected chi connectivity index (χ1v) is 8.36. The van der Waals surface area contributed by atoms with Gasteiger partial charge in [-0.25, -0.2) is 0 Å². The van der Waals surface area contributed by atoms with Crippen LogP contribution in [0, 0.1) is 17.8 Å². The molecule has 0 aliphatic heterocycles. The molecule has 0 spiro atoms. The minimum atomic E-state index is 0.580. The van der Waals surface area contributed by atoms with Crippen molar-refractivity contribution < 1.29 is 0 Å². The monoisotopic (exact) mass is 343 g/mol. The number of hydrogen-bond donors (Lipinski definition) is 1. The Hall–Kier alpha value is -0.210. The number of anilines is 1. The van der Waals surface area contributed by atoms with E-state index in [1.807, 2.05) is 6.07 Å². The first-order chi connectivity index (χ1) is 8.97. The van der Waals surface area contributed by atoms with Crippen LogP contribution in [-0.4, -0.2) is 6.04 Å². The number of benzene rings is 1. The van der Waals surface area contributed by atoms with Crippen LogP contribution >= 0.6 is 27.5 Å². The molecule has 1 nitrogen and oxygen atoms in total. The Morgan fingerprint density at radius 1 is 1.32 bits per heavy atom. The van der Waals surface area contributed by atoms with Gasteiger partial charge in [0.05, 0.1) is 5.02 Å². The summed E-state index contributed by atoms with van der Waals surface area (Å²) < 4.78 is 0.962. The zero-order valence-corrected chi connectivity index (χ0v) is 14.3. The number of hydrogen-bond acceptors (Lipinski definition) is 1. The van der Waals surface area contributed by atoms with E-state index in [1.165, 1.54) is 24.9 Å². The standard InChI is InChI=1S/C16H23BrClN/c1-10(2)13-6-4-11(3)8-16(13)19-12-5-7-15(18)14(17)9-12/h5,7,9-11,13,16,19H,4,6,8H2,1-3H3. The summed E-state index contributed by atoms with van der Waals surface area (Å²) in [5.74, 6) is 2.33. The summed E-state index contributed by atoms with van der Waals surface area (Å²) in [5, 5.41) is 4.49. The van der Waals surface area contributed by atoms with E-state index in [4.69, 9.17) is 11.6 Å². The molecule has 3 heteroatoms. The lowest BCUT2D eigenvalue weighted by Gasteiger charge is -2.38. The molecule has 0 saturated heterocycles. The second-order valence-corrected chi connectivity index (χ2v) is 7.47. The van der Waals surface area contributed by atoms with Gasteiger partial charge in [0.1, 0.15) is 0 Å². The van der Waals surface area contributed by atoms with Crippen LogP contribution in [0.15, 0.2) is 22.7 Å². The van der Waals surface area contributed by atoms with Crippen molar-refractivity contribution in [3.05, 3.63) is 27.7 Å². The Bertz CT molecular complexity index is 433. The first kappa shape index (κ1) is 15.2. The third-order valence-electron chi connectivity index (χ3n) is 4.29. The van der Waals surface area contributed by atoms with Crippen molar-refractivity contribution in [2.24, 2.45) is 17.8 Å². The molecule has 19 heavy (non-hydrogen) atoms. The van der Waals surface area contributed by atoms with Gasteiger partial charge in [-0.3, -0.25) is 0 Å². The summed E-state index contributed by atoms with van der Waals surface area (Å²) in [6.45, 7) is 7.04. The Kier molecular flexibility index (Phi) is 5.19. The molecule has 3 atom stereocenters. The number of rotatable bonds is 3. The first-order valence-electron chi connectivity index (χ1n) is 7.19. The lowest BCUT2D eigenvalue weighted by atomic mass is 9.74. The molecule has 1 aromatic carbocycles.